The monoisotopic (exact) mass is 232 g/mol. The zero-order valence-corrected chi connectivity index (χ0v) is 8.23. The SMILES string of the molecule is NNc1ccc(Cl)cc1.O=C(O)C(=O)O. The zero-order chi connectivity index (χ0) is 11.8. The van der Waals surface area contributed by atoms with Crippen molar-refractivity contribution in [2.75, 3.05) is 5.43 Å². The molecule has 5 N–H and O–H groups in total. The Morgan fingerprint density at radius 3 is 1.80 bits per heavy atom. The minimum atomic E-state index is -1.82. The van der Waals surface area contributed by atoms with Gasteiger partial charge < -0.3 is 15.6 Å². The van der Waals surface area contributed by atoms with Crippen LogP contribution in [0.2, 0.25) is 5.02 Å². The van der Waals surface area contributed by atoms with Crippen molar-refractivity contribution in [2.45, 2.75) is 0 Å². The molecule has 0 aromatic heterocycles. The summed E-state index contributed by atoms with van der Waals surface area (Å²) in [7, 11) is 0. The minimum Gasteiger partial charge on any atom is -0.473 e. The Hall–Kier alpha value is -1.79. The number of hydrogen-bond donors (Lipinski definition) is 4. The van der Waals surface area contributed by atoms with Crippen LogP contribution in [-0.2, 0) is 9.59 Å². The zero-order valence-electron chi connectivity index (χ0n) is 7.48. The lowest BCUT2D eigenvalue weighted by atomic mass is 10.3. The van der Waals surface area contributed by atoms with E-state index in [9.17, 15) is 0 Å². The quantitative estimate of drug-likeness (QED) is 0.323. The first kappa shape index (κ1) is 13.2. The first-order valence-corrected chi connectivity index (χ1v) is 4.03. The molecular weight excluding hydrogens is 224 g/mol. The van der Waals surface area contributed by atoms with Gasteiger partial charge in [-0.1, -0.05) is 11.6 Å². The molecule has 0 fully saturated rings. The molecule has 0 aliphatic rings. The van der Waals surface area contributed by atoms with E-state index in [-0.39, 0.29) is 0 Å². The lowest BCUT2D eigenvalue weighted by molar-refractivity contribution is -0.159. The maximum absolute atomic E-state index is 9.10. The molecule has 1 rings (SSSR count). The number of hydrazine groups is 1. The van der Waals surface area contributed by atoms with Crippen molar-refractivity contribution >= 4 is 29.2 Å². The Labute approximate surface area is 90.2 Å². The molecule has 0 heterocycles. The summed E-state index contributed by atoms with van der Waals surface area (Å²) in [6, 6.07) is 7.16. The van der Waals surface area contributed by atoms with Gasteiger partial charge in [0, 0.05) is 10.7 Å². The van der Waals surface area contributed by atoms with Crippen LogP contribution in [0.1, 0.15) is 0 Å². The van der Waals surface area contributed by atoms with Gasteiger partial charge >= 0.3 is 11.9 Å². The highest BCUT2D eigenvalue weighted by molar-refractivity contribution is 6.30. The number of rotatable bonds is 1. The summed E-state index contributed by atoms with van der Waals surface area (Å²) in [4.78, 5) is 18.2. The Balaban J connectivity index is 0.000000288. The molecule has 6 nitrogen and oxygen atoms in total. The number of nitrogens with two attached hydrogens (primary N) is 1. The van der Waals surface area contributed by atoms with Crippen LogP contribution in [0.15, 0.2) is 24.3 Å². The molecule has 0 saturated carbocycles. The molecule has 0 radical (unpaired) electrons. The lowest BCUT2D eigenvalue weighted by Crippen LogP contribution is -2.09. The number of carboxylic acids is 2. The molecule has 0 saturated heterocycles. The number of hydrogen-bond acceptors (Lipinski definition) is 4. The summed E-state index contributed by atoms with van der Waals surface area (Å²) < 4.78 is 0. The van der Waals surface area contributed by atoms with E-state index in [0.717, 1.165) is 5.69 Å². The fourth-order valence-electron chi connectivity index (χ4n) is 0.546. The summed E-state index contributed by atoms with van der Waals surface area (Å²) in [5.74, 6) is 1.46. The van der Waals surface area contributed by atoms with Gasteiger partial charge in [-0.3, -0.25) is 5.84 Å². The molecule has 0 amide bonds. The van der Waals surface area contributed by atoms with Crippen LogP contribution in [-0.4, -0.2) is 22.2 Å². The van der Waals surface area contributed by atoms with Crippen LogP contribution in [0.5, 0.6) is 0 Å². The Morgan fingerprint density at radius 1 is 1.13 bits per heavy atom. The van der Waals surface area contributed by atoms with Gasteiger partial charge in [-0.05, 0) is 24.3 Å². The second-order valence-corrected chi connectivity index (χ2v) is 2.70. The van der Waals surface area contributed by atoms with Crippen LogP contribution >= 0.6 is 11.6 Å². The van der Waals surface area contributed by atoms with Crippen molar-refractivity contribution in [2.24, 2.45) is 5.84 Å². The molecular formula is C8H9ClN2O4. The standard InChI is InChI=1S/C6H7ClN2.C2H2O4/c7-5-1-3-6(9-8)4-2-5;3-1(4)2(5)6/h1-4,9H,8H2;(H,3,4)(H,5,6). The largest absolute Gasteiger partial charge is 0.473 e. The molecule has 0 aliphatic carbocycles. The first-order chi connectivity index (χ1) is 6.97. The number of carboxylic acid groups (broad SMARTS) is 2. The van der Waals surface area contributed by atoms with Crippen molar-refractivity contribution in [3.05, 3.63) is 29.3 Å². The molecule has 0 bridgehead atoms. The fraction of sp³-hybridized carbons (Fsp3) is 0. The summed E-state index contributed by atoms with van der Waals surface area (Å²) in [6.07, 6.45) is 0. The molecule has 15 heavy (non-hydrogen) atoms. The second kappa shape index (κ2) is 6.63. The summed E-state index contributed by atoms with van der Waals surface area (Å²) in [5.41, 5.74) is 3.36. The highest BCUT2D eigenvalue weighted by atomic mass is 35.5. The third-order valence-corrected chi connectivity index (χ3v) is 1.45. The predicted octanol–water partition coefficient (Wildman–Crippen LogP) is 0.781. The van der Waals surface area contributed by atoms with Gasteiger partial charge in [-0.25, -0.2) is 9.59 Å². The average molecular weight is 233 g/mol. The Bertz CT molecular complexity index is 327. The van der Waals surface area contributed by atoms with Gasteiger partial charge in [-0.2, -0.15) is 0 Å². The highest BCUT2D eigenvalue weighted by Gasteiger charge is 2.04. The van der Waals surface area contributed by atoms with Crippen LogP contribution in [0.4, 0.5) is 5.69 Å². The number of halogens is 1. The van der Waals surface area contributed by atoms with Gasteiger partial charge in [-0.15, -0.1) is 0 Å². The van der Waals surface area contributed by atoms with Crippen LogP contribution in [0, 0.1) is 0 Å². The minimum absolute atomic E-state index is 0.717. The molecule has 1 aromatic carbocycles. The van der Waals surface area contributed by atoms with Crippen LogP contribution in [0.3, 0.4) is 0 Å². The van der Waals surface area contributed by atoms with Gasteiger partial charge in [0.1, 0.15) is 0 Å². The van der Waals surface area contributed by atoms with Crippen molar-refractivity contribution in [1.29, 1.82) is 0 Å². The van der Waals surface area contributed by atoms with E-state index in [1.807, 2.05) is 12.1 Å². The topological polar surface area (TPSA) is 113 Å². The number of nitrogens with one attached hydrogen (secondary N) is 1. The molecule has 0 atom stereocenters. The maximum atomic E-state index is 9.10. The number of anilines is 1. The van der Waals surface area contributed by atoms with Crippen LogP contribution < -0.4 is 11.3 Å². The normalized spacial score (nSPS) is 8.40. The average Bonchev–Trinajstić information content (AvgIpc) is 2.20. The molecule has 7 heteroatoms. The summed E-state index contributed by atoms with van der Waals surface area (Å²) in [5, 5.41) is 15.5. The highest BCUT2D eigenvalue weighted by Crippen LogP contribution is 2.11. The number of carbonyl (C=O) groups is 2. The maximum Gasteiger partial charge on any atom is 0.414 e. The van der Waals surface area contributed by atoms with Gasteiger partial charge in [0.15, 0.2) is 0 Å². The van der Waals surface area contributed by atoms with Crippen molar-refractivity contribution in [3.8, 4) is 0 Å². The van der Waals surface area contributed by atoms with E-state index < -0.39 is 11.9 Å². The Kier molecular flexibility index (Phi) is 5.84. The molecule has 0 unspecified atom stereocenters. The van der Waals surface area contributed by atoms with Crippen molar-refractivity contribution < 1.29 is 19.8 Å². The van der Waals surface area contributed by atoms with E-state index >= 15 is 0 Å². The Morgan fingerprint density at radius 2 is 1.53 bits per heavy atom. The third kappa shape index (κ3) is 6.30. The van der Waals surface area contributed by atoms with Crippen molar-refractivity contribution in [3.63, 3.8) is 0 Å². The molecule has 82 valence electrons. The number of nitrogen functional groups attached to an aromatic ring is 1. The first-order valence-electron chi connectivity index (χ1n) is 3.65. The van der Waals surface area contributed by atoms with E-state index in [1.54, 1.807) is 12.1 Å². The second-order valence-electron chi connectivity index (χ2n) is 2.26. The lowest BCUT2D eigenvalue weighted by Gasteiger charge is -1.96. The molecule has 0 spiro atoms. The van der Waals surface area contributed by atoms with Gasteiger partial charge in [0.05, 0.1) is 0 Å². The van der Waals surface area contributed by atoms with E-state index in [2.05, 4.69) is 5.43 Å². The molecule has 1 aromatic rings. The summed E-state index contributed by atoms with van der Waals surface area (Å²) in [6.45, 7) is 0. The number of benzene rings is 1. The van der Waals surface area contributed by atoms with E-state index in [1.165, 1.54) is 0 Å². The predicted molar refractivity (Wildman–Crippen MR) is 54.5 cm³/mol. The van der Waals surface area contributed by atoms with Crippen molar-refractivity contribution in [1.82, 2.24) is 0 Å². The number of aliphatic carboxylic acids is 2. The van der Waals surface area contributed by atoms with Crippen LogP contribution in [0.25, 0.3) is 0 Å². The fourth-order valence-corrected chi connectivity index (χ4v) is 0.672. The third-order valence-electron chi connectivity index (χ3n) is 1.19. The molecule has 0 aliphatic heterocycles. The summed E-state index contributed by atoms with van der Waals surface area (Å²) >= 11 is 5.60. The van der Waals surface area contributed by atoms with Gasteiger partial charge in [0.2, 0.25) is 0 Å². The van der Waals surface area contributed by atoms with Gasteiger partial charge in [0.25, 0.3) is 0 Å². The van der Waals surface area contributed by atoms with E-state index in [4.69, 9.17) is 37.2 Å². The van der Waals surface area contributed by atoms with E-state index in [0.29, 0.717) is 5.02 Å². The smallest absolute Gasteiger partial charge is 0.414 e.